The molecule has 1 saturated heterocycles. The van der Waals surface area contributed by atoms with Crippen LogP contribution in [0.4, 0.5) is 23.1 Å². The molecule has 1 aliphatic rings. The van der Waals surface area contributed by atoms with Crippen LogP contribution in [-0.4, -0.2) is 57.2 Å². The topological polar surface area (TPSA) is 64.6 Å². The van der Waals surface area contributed by atoms with Gasteiger partial charge in [-0.05, 0) is 37.1 Å². The normalized spacial score (nSPS) is 13.6. The minimum Gasteiger partial charge on any atom is -0.378 e. The fourth-order valence-electron chi connectivity index (χ4n) is 2.97. The Labute approximate surface area is 154 Å². The van der Waals surface area contributed by atoms with Gasteiger partial charge in [-0.3, -0.25) is 4.79 Å². The van der Waals surface area contributed by atoms with Crippen LogP contribution in [0.2, 0.25) is 0 Å². The van der Waals surface area contributed by atoms with E-state index in [-0.39, 0.29) is 5.91 Å². The monoisotopic (exact) mass is 354 g/mol. The Balaban J connectivity index is 1.80. The quantitative estimate of drug-likeness (QED) is 0.890. The standard InChI is InChI=1S/C19H26N6O/c1-23(2)15-9-7-14(8-10-15)18(26)21-16-13-20-19(22-17(16)24(3)4)25-11-5-6-12-25/h7-10,13H,5-6,11-12H2,1-4H3,(H,21,26). The van der Waals surface area contributed by atoms with Crippen LogP contribution in [0.1, 0.15) is 23.2 Å². The molecule has 0 atom stereocenters. The predicted molar refractivity (Wildman–Crippen MR) is 107 cm³/mol. The molecule has 0 saturated carbocycles. The first-order valence-corrected chi connectivity index (χ1v) is 8.84. The highest BCUT2D eigenvalue weighted by Gasteiger charge is 2.19. The second-order valence-corrected chi connectivity index (χ2v) is 6.89. The molecule has 138 valence electrons. The molecule has 0 spiro atoms. The summed E-state index contributed by atoms with van der Waals surface area (Å²) in [4.78, 5) is 27.8. The summed E-state index contributed by atoms with van der Waals surface area (Å²) in [7, 11) is 7.77. The van der Waals surface area contributed by atoms with E-state index >= 15 is 0 Å². The van der Waals surface area contributed by atoms with Crippen molar-refractivity contribution >= 4 is 29.0 Å². The van der Waals surface area contributed by atoms with E-state index in [0.717, 1.165) is 24.7 Å². The Bertz CT molecular complexity index is 766. The molecule has 0 bridgehead atoms. The zero-order valence-corrected chi connectivity index (χ0v) is 15.9. The number of carbonyl (C=O) groups excluding carboxylic acids is 1. The molecule has 2 heterocycles. The van der Waals surface area contributed by atoms with Crippen molar-refractivity contribution in [2.45, 2.75) is 12.8 Å². The van der Waals surface area contributed by atoms with E-state index in [2.05, 4.69) is 20.2 Å². The zero-order chi connectivity index (χ0) is 18.7. The Kier molecular flexibility index (Phi) is 5.25. The number of benzene rings is 1. The van der Waals surface area contributed by atoms with Crippen LogP contribution in [0, 0.1) is 0 Å². The SMILES string of the molecule is CN(C)c1ccc(C(=O)Nc2cnc(N3CCCC3)nc2N(C)C)cc1. The molecule has 0 aliphatic carbocycles. The maximum absolute atomic E-state index is 12.6. The molecule has 2 aromatic rings. The van der Waals surface area contributed by atoms with Crippen molar-refractivity contribution in [3.63, 3.8) is 0 Å². The van der Waals surface area contributed by atoms with Crippen LogP contribution in [-0.2, 0) is 0 Å². The van der Waals surface area contributed by atoms with Gasteiger partial charge in [0, 0.05) is 52.5 Å². The summed E-state index contributed by atoms with van der Waals surface area (Å²) in [5.41, 5.74) is 2.26. The van der Waals surface area contributed by atoms with Gasteiger partial charge in [0.05, 0.1) is 6.20 Å². The van der Waals surface area contributed by atoms with Gasteiger partial charge in [0.1, 0.15) is 5.69 Å². The maximum Gasteiger partial charge on any atom is 0.255 e. The van der Waals surface area contributed by atoms with Crippen LogP contribution in [0.3, 0.4) is 0 Å². The third-order valence-electron chi connectivity index (χ3n) is 4.46. The van der Waals surface area contributed by atoms with Gasteiger partial charge in [-0.2, -0.15) is 4.98 Å². The molecule has 1 N–H and O–H groups in total. The Morgan fingerprint density at radius 2 is 1.69 bits per heavy atom. The smallest absolute Gasteiger partial charge is 0.255 e. The average molecular weight is 354 g/mol. The third kappa shape index (κ3) is 3.87. The second kappa shape index (κ2) is 7.59. The van der Waals surface area contributed by atoms with Crippen molar-refractivity contribution in [1.29, 1.82) is 0 Å². The lowest BCUT2D eigenvalue weighted by atomic mass is 10.2. The Morgan fingerprint density at radius 3 is 2.27 bits per heavy atom. The number of amides is 1. The molecular weight excluding hydrogens is 328 g/mol. The largest absolute Gasteiger partial charge is 0.378 e. The summed E-state index contributed by atoms with van der Waals surface area (Å²) in [6.07, 6.45) is 4.03. The van der Waals surface area contributed by atoms with Crippen LogP contribution in [0.15, 0.2) is 30.5 Å². The van der Waals surface area contributed by atoms with Gasteiger partial charge in [-0.1, -0.05) is 0 Å². The van der Waals surface area contributed by atoms with E-state index in [1.54, 1.807) is 6.20 Å². The predicted octanol–water partition coefficient (Wildman–Crippen LogP) is 2.46. The average Bonchev–Trinajstić information content (AvgIpc) is 3.16. The first-order chi connectivity index (χ1) is 12.5. The summed E-state index contributed by atoms with van der Waals surface area (Å²) < 4.78 is 0. The van der Waals surface area contributed by atoms with E-state index in [4.69, 9.17) is 0 Å². The van der Waals surface area contributed by atoms with Crippen molar-refractivity contribution in [3.05, 3.63) is 36.0 Å². The van der Waals surface area contributed by atoms with Crippen molar-refractivity contribution in [1.82, 2.24) is 9.97 Å². The molecule has 3 rings (SSSR count). The fourth-order valence-corrected chi connectivity index (χ4v) is 2.97. The highest BCUT2D eigenvalue weighted by atomic mass is 16.1. The van der Waals surface area contributed by atoms with Crippen molar-refractivity contribution in [2.24, 2.45) is 0 Å². The number of rotatable bonds is 5. The minimum absolute atomic E-state index is 0.170. The number of nitrogens with zero attached hydrogens (tertiary/aromatic N) is 5. The zero-order valence-electron chi connectivity index (χ0n) is 15.9. The van der Waals surface area contributed by atoms with Crippen molar-refractivity contribution < 1.29 is 4.79 Å². The molecule has 0 radical (unpaired) electrons. The van der Waals surface area contributed by atoms with E-state index in [1.165, 1.54) is 12.8 Å². The van der Waals surface area contributed by atoms with E-state index in [1.807, 2.05) is 62.3 Å². The van der Waals surface area contributed by atoms with Gasteiger partial charge < -0.3 is 20.0 Å². The van der Waals surface area contributed by atoms with Gasteiger partial charge in [0.25, 0.3) is 5.91 Å². The molecule has 1 aromatic carbocycles. The number of hydrogen-bond donors (Lipinski definition) is 1. The first-order valence-electron chi connectivity index (χ1n) is 8.84. The third-order valence-corrected chi connectivity index (χ3v) is 4.46. The number of anilines is 4. The number of carbonyl (C=O) groups is 1. The van der Waals surface area contributed by atoms with Crippen molar-refractivity contribution in [2.75, 3.05) is 61.3 Å². The molecule has 1 aromatic heterocycles. The highest BCUT2D eigenvalue weighted by Crippen LogP contribution is 2.26. The molecule has 7 nitrogen and oxygen atoms in total. The number of hydrogen-bond acceptors (Lipinski definition) is 6. The molecule has 1 aliphatic heterocycles. The lowest BCUT2D eigenvalue weighted by molar-refractivity contribution is 0.102. The van der Waals surface area contributed by atoms with Gasteiger partial charge in [0.2, 0.25) is 5.95 Å². The van der Waals surface area contributed by atoms with E-state index < -0.39 is 0 Å². The minimum atomic E-state index is -0.170. The Morgan fingerprint density at radius 1 is 1.04 bits per heavy atom. The molecule has 1 amide bonds. The lowest BCUT2D eigenvalue weighted by Crippen LogP contribution is -2.23. The van der Waals surface area contributed by atoms with E-state index in [9.17, 15) is 4.79 Å². The van der Waals surface area contributed by atoms with Gasteiger partial charge >= 0.3 is 0 Å². The van der Waals surface area contributed by atoms with Crippen LogP contribution in [0.25, 0.3) is 0 Å². The molecule has 26 heavy (non-hydrogen) atoms. The molecule has 1 fully saturated rings. The summed E-state index contributed by atoms with van der Waals surface area (Å²) in [5, 5.41) is 2.94. The highest BCUT2D eigenvalue weighted by molar-refractivity contribution is 6.05. The molecule has 7 heteroatoms. The lowest BCUT2D eigenvalue weighted by Gasteiger charge is -2.21. The Hall–Kier alpha value is -2.83. The molecule has 0 unspecified atom stereocenters. The first kappa shape index (κ1) is 18.0. The van der Waals surface area contributed by atoms with Gasteiger partial charge in [0.15, 0.2) is 5.82 Å². The fraction of sp³-hybridized carbons (Fsp3) is 0.421. The van der Waals surface area contributed by atoms with Crippen molar-refractivity contribution in [3.8, 4) is 0 Å². The molecular formula is C19H26N6O. The summed E-state index contributed by atoms with van der Waals surface area (Å²) in [6.45, 7) is 1.97. The maximum atomic E-state index is 12.6. The number of aromatic nitrogens is 2. The van der Waals surface area contributed by atoms with Gasteiger partial charge in [-0.25, -0.2) is 4.98 Å². The van der Waals surface area contributed by atoms with E-state index in [0.29, 0.717) is 17.1 Å². The van der Waals surface area contributed by atoms with Crippen LogP contribution < -0.4 is 20.0 Å². The summed E-state index contributed by atoms with van der Waals surface area (Å²) in [6, 6.07) is 7.49. The second-order valence-electron chi connectivity index (χ2n) is 6.89. The number of nitrogens with one attached hydrogen (secondary N) is 1. The van der Waals surface area contributed by atoms with Crippen LogP contribution >= 0.6 is 0 Å². The summed E-state index contributed by atoms with van der Waals surface area (Å²) in [5.74, 6) is 1.26. The van der Waals surface area contributed by atoms with Crippen LogP contribution in [0.5, 0.6) is 0 Å². The summed E-state index contributed by atoms with van der Waals surface area (Å²) >= 11 is 0. The van der Waals surface area contributed by atoms with Gasteiger partial charge in [-0.15, -0.1) is 0 Å².